The van der Waals surface area contributed by atoms with Gasteiger partial charge in [0.25, 0.3) is 0 Å². The van der Waals surface area contributed by atoms with E-state index in [0.717, 1.165) is 21.7 Å². The number of benzene rings is 1. The Labute approximate surface area is 104 Å². The van der Waals surface area contributed by atoms with E-state index < -0.39 is 0 Å². The van der Waals surface area contributed by atoms with Crippen LogP contribution in [-0.4, -0.2) is 4.98 Å². The highest BCUT2D eigenvalue weighted by molar-refractivity contribution is 7.09. The molecule has 4 heteroatoms. The van der Waals surface area contributed by atoms with Crippen LogP contribution in [0.2, 0.25) is 0 Å². The highest BCUT2D eigenvalue weighted by Crippen LogP contribution is 2.24. The van der Waals surface area contributed by atoms with E-state index in [2.05, 4.69) is 4.98 Å². The quantitative estimate of drug-likeness (QED) is 0.909. The minimum Gasteiger partial charge on any atom is -0.323 e. The van der Waals surface area contributed by atoms with Gasteiger partial charge in [-0.3, -0.25) is 0 Å². The molecule has 0 spiro atoms. The van der Waals surface area contributed by atoms with Gasteiger partial charge < -0.3 is 5.73 Å². The zero-order valence-corrected chi connectivity index (χ0v) is 10.7. The summed E-state index contributed by atoms with van der Waals surface area (Å²) in [7, 11) is 0. The molecule has 0 aliphatic heterocycles. The molecule has 2 rings (SSSR count). The van der Waals surface area contributed by atoms with E-state index in [0.29, 0.717) is 6.42 Å². The number of hydrogen-bond acceptors (Lipinski definition) is 3. The number of rotatable bonds is 3. The Morgan fingerprint density at radius 1 is 1.41 bits per heavy atom. The van der Waals surface area contributed by atoms with Gasteiger partial charge in [-0.1, -0.05) is 6.07 Å². The lowest BCUT2D eigenvalue weighted by atomic mass is 10.00. The SMILES string of the molecule is Cc1ccc(F)cc1CC(N)c1scnc1C. The molecule has 2 N–H and O–H groups in total. The number of aromatic nitrogens is 1. The fraction of sp³-hybridized carbons (Fsp3) is 0.308. The average Bonchev–Trinajstić information content (AvgIpc) is 2.70. The summed E-state index contributed by atoms with van der Waals surface area (Å²) < 4.78 is 13.2. The molecule has 2 aromatic rings. The van der Waals surface area contributed by atoms with Crippen LogP contribution >= 0.6 is 11.3 Å². The molecule has 0 amide bonds. The summed E-state index contributed by atoms with van der Waals surface area (Å²) in [6.07, 6.45) is 0.645. The minimum absolute atomic E-state index is 0.108. The zero-order valence-electron chi connectivity index (χ0n) is 9.90. The highest BCUT2D eigenvalue weighted by atomic mass is 32.1. The van der Waals surface area contributed by atoms with E-state index in [1.807, 2.05) is 13.8 Å². The molecular formula is C13H15FN2S. The molecule has 0 aliphatic rings. The Bertz CT molecular complexity index is 522. The number of halogens is 1. The molecule has 0 fully saturated rings. The number of thiazole rings is 1. The molecule has 0 bridgehead atoms. The van der Waals surface area contributed by atoms with Crippen molar-refractivity contribution in [3.05, 3.63) is 51.2 Å². The van der Waals surface area contributed by atoms with E-state index in [-0.39, 0.29) is 11.9 Å². The fourth-order valence-corrected chi connectivity index (χ4v) is 2.66. The lowest BCUT2D eigenvalue weighted by Gasteiger charge is -2.12. The van der Waals surface area contributed by atoms with Crippen molar-refractivity contribution in [2.24, 2.45) is 5.73 Å². The van der Waals surface area contributed by atoms with Crippen LogP contribution in [0.4, 0.5) is 4.39 Å². The van der Waals surface area contributed by atoms with Crippen LogP contribution in [0.25, 0.3) is 0 Å². The van der Waals surface area contributed by atoms with Crippen molar-refractivity contribution in [1.29, 1.82) is 0 Å². The molecule has 17 heavy (non-hydrogen) atoms. The summed E-state index contributed by atoms with van der Waals surface area (Å²) in [6.45, 7) is 3.92. The van der Waals surface area contributed by atoms with Crippen LogP contribution in [0.3, 0.4) is 0 Å². The summed E-state index contributed by atoms with van der Waals surface area (Å²) in [4.78, 5) is 5.26. The predicted octanol–water partition coefficient (Wildman–Crippen LogP) is 3.14. The van der Waals surface area contributed by atoms with Gasteiger partial charge in [-0.05, 0) is 43.5 Å². The second-order valence-corrected chi connectivity index (χ2v) is 5.07. The van der Waals surface area contributed by atoms with E-state index in [9.17, 15) is 4.39 Å². The second kappa shape index (κ2) is 4.94. The van der Waals surface area contributed by atoms with Crippen molar-refractivity contribution in [3.63, 3.8) is 0 Å². The molecule has 90 valence electrons. The Kier molecular flexibility index (Phi) is 3.54. The summed E-state index contributed by atoms with van der Waals surface area (Å²) in [5.41, 5.74) is 10.9. The van der Waals surface area contributed by atoms with Crippen molar-refractivity contribution in [1.82, 2.24) is 4.98 Å². The molecule has 0 aliphatic carbocycles. The lowest BCUT2D eigenvalue weighted by molar-refractivity contribution is 0.621. The number of aryl methyl sites for hydroxylation is 2. The largest absolute Gasteiger partial charge is 0.323 e. The molecule has 1 unspecified atom stereocenters. The first-order valence-electron chi connectivity index (χ1n) is 5.48. The van der Waals surface area contributed by atoms with E-state index in [4.69, 9.17) is 5.73 Å². The first-order valence-corrected chi connectivity index (χ1v) is 6.36. The Hall–Kier alpha value is -1.26. The van der Waals surface area contributed by atoms with Crippen LogP contribution in [0.1, 0.15) is 27.7 Å². The summed E-state index contributed by atoms with van der Waals surface area (Å²) in [5.74, 6) is -0.209. The number of nitrogens with zero attached hydrogens (tertiary/aromatic N) is 1. The third kappa shape index (κ3) is 2.70. The Morgan fingerprint density at radius 3 is 2.82 bits per heavy atom. The van der Waals surface area contributed by atoms with Crippen LogP contribution in [0.5, 0.6) is 0 Å². The molecule has 1 heterocycles. The van der Waals surface area contributed by atoms with Gasteiger partial charge in [0.1, 0.15) is 5.82 Å². The molecule has 1 aromatic heterocycles. The Morgan fingerprint density at radius 2 is 2.18 bits per heavy atom. The molecule has 0 saturated heterocycles. The first-order chi connectivity index (χ1) is 8.08. The van der Waals surface area contributed by atoms with E-state index in [1.165, 1.54) is 6.07 Å². The van der Waals surface area contributed by atoms with Crippen molar-refractivity contribution >= 4 is 11.3 Å². The number of nitrogens with two attached hydrogens (primary N) is 1. The van der Waals surface area contributed by atoms with Gasteiger partial charge in [0.15, 0.2) is 0 Å². The molecular weight excluding hydrogens is 235 g/mol. The van der Waals surface area contributed by atoms with Crippen molar-refractivity contribution in [3.8, 4) is 0 Å². The van der Waals surface area contributed by atoms with Crippen LogP contribution < -0.4 is 5.73 Å². The molecule has 1 aromatic carbocycles. The average molecular weight is 250 g/mol. The van der Waals surface area contributed by atoms with Crippen LogP contribution in [0.15, 0.2) is 23.7 Å². The standard InChI is InChI=1S/C13H15FN2S/c1-8-3-4-11(14)5-10(8)6-12(15)13-9(2)16-7-17-13/h3-5,7,12H,6,15H2,1-2H3. The Balaban J connectivity index is 2.21. The van der Waals surface area contributed by atoms with Crippen LogP contribution in [-0.2, 0) is 6.42 Å². The number of hydrogen-bond donors (Lipinski definition) is 1. The van der Waals surface area contributed by atoms with E-state index in [1.54, 1.807) is 29.0 Å². The topological polar surface area (TPSA) is 38.9 Å². The third-order valence-corrected chi connectivity index (χ3v) is 3.93. The van der Waals surface area contributed by atoms with Crippen molar-refractivity contribution < 1.29 is 4.39 Å². The van der Waals surface area contributed by atoms with Gasteiger partial charge in [0, 0.05) is 10.9 Å². The van der Waals surface area contributed by atoms with Gasteiger partial charge in [-0.2, -0.15) is 0 Å². The predicted molar refractivity (Wildman–Crippen MR) is 68.6 cm³/mol. The summed E-state index contributed by atoms with van der Waals surface area (Å²) in [5, 5.41) is 0. The first kappa shape index (κ1) is 12.2. The van der Waals surface area contributed by atoms with Gasteiger partial charge in [-0.25, -0.2) is 9.37 Å². The maximum absolute atomic E-state index is 13.2. The molecule has 2 nitrogen and oxygen atoms in total. The second-order valence-electron chi connectivity index (χ2n) is 4.18. The van der Waals surface area contributed by atoms with Gasteiger partial charge in [0.05, 0.1) is 11.2 Å². The normalized spacial score (nSPS) is 12.7. The molecule has 0 radical (unpaired) electrons. The lowest BCUT2D eigenvalue weighted by Crippen LogP contribution is -2.14. The van der Waals surface area contributed by atoms with Gasteiger partial charge in [-0.15, -0.1) is 11.3 Å². The monoisotopic (exact) mass is 250 g/mol. The summed E-state index contributed by atoms with van der Waals surface area (Å²) in [6, 6.07) is 4.72. The maximum Gasteiger partial charge on any atom is 0.123 e. The maximum atomic E-state index is 13.2. The summed E-state index contributed by atoms with van der Waals surface area (Å²) >= 11 is 1.56. The van der Waals surface area contributed by atoms with Crippen molar-refractivity contribution in [2.45, 2.75) is 26.3 Å². The smallest absolute Gasteiger partial charge is 0.123 e. The van der Waals surface area contributed by atoms with Crippen LogP contribution in [0, 0.1) is 19.7 Å². The van der Waals surface area contributed by atoms with Gasteiger partial charge in [0.2, 0.25) is 0 Å². The molecule has 1 atom stereocenters. The zero-order chi connectivity index (χ0) is 12.4. The third-order valence-electron chi connectivity index (χ3n) is 2.87. The van der Waals surface area contributed by atoms with Gasteiger partial charge >= 0.3 is 0 Å². The molecule has 0 saturated carbocycles. The van der Waals surface area contributed by atoms with E-state index >= 15 is 0 Å². The fourth-order valence-electron chi connectivity index (χ4n) is 1.86. The highest BCUT2D eigenvalue weighted by Gasteiger charge is 2.13. The minimum atomic E-state index is -0.209. The van der Waals surface area contributed by atoms with Crippen molar-refractivity contribution in [2.75, 3.05) is 0 Å².